The zero-order valence-corrected chi connectivity index (χ0v) is 18.0. The van der Waals surface area contributed by atoms with Gasteiger partial charge in [0, 0.05) is 30.3 Å². The van der Waals surface area contributed by atoms with E-state index >= 15 is 0 Å². The van der Waals surface area contributed by atoms with Gasteiger partial charge in [-0.2, -0.15) is 4.37 Å². The Morgan fingerprint density at radius 3 is 2.68 bits per heavy atom. The van der Waals surface area contributed by atoms with Crippen molar-refractivity contribution in [1.29, 1.82) is 0 Å². The number of aromatic nitrogens is 2. The van der Waals surface area contributed by atoms with E-state index in [1.165, 1.54) is 18.8 Å². The molecule has 1 saturated heterocycles. The second kappa shape index (κ2) is 8.80. The van der Waals surface area contributed by atoms with Crippen LogP contribution >= 0.6 is 11.5 Å². The zero-order valence-electron chi connectivity index (χ0n) is 17.2. The number of rotatable bonds is 6. The standard InChI is InChI=1S/C20H22N4O6S/c1-28-18-16(19(29-2)31-22-18)17(26)21-12-6-7-14-13(10-12)24(20(27)30-14)11-15(25)23-8-4-3-5-9-23/h6-7,10H,3-5,8-9,11H2,1-2H3,(H,21,26). The maximum absolute atomic E-state index is 12.8. The predicted octanol–water partition coefficient (Wildman–Crippen LogP) is 2.33. The summed E-state index contributed by atoms with van der Waals surface area (Å²) in [5, 5.41) is 3.08. The molecule has 4 rings (SSSR count). The van der Waals surface area contributed by atoms with Crippen molar-refractivity contribution in [2.75, 3.05) is 32.6 Å². The quantitative estimate of drug-likeness (QED) is 0.618. The number of benzene rings is 1. The molecular formula is C20H22N4O6S. The van der Waals surface area contributed by atoms with Crippen LogP contribution in [0.15, 0.2) is 27.4 Å². The van der Waals surface area contributed by atoms with Crippen molar-refractivity contribution in [1.82, 2.24) is 13.8 Å². The SMILES string of the molecule is COc1nsc(OC)c1C(=O)Nc1ccc2oc(=O)n(CC(=O)N3CCCCC3)c2c1. The topological polar surface area (TPSA) is 116 Å². The van der Waals surface area contributed by atoms with Gasteiger partial charge in [0.2, 0.25) is 16.9 Å². The first-order valence-corrected chi connectivity index (χ1v) is 10.6. The monoisotopic (exact) mass is 446 g/mol. The smallest absolute Gasteiger partial charge is 0.420 e. The third-order valence-corrected chi connectivity index (χ3v) is 5.96. The number of nitrogens with one attached hydrogen (secondary N) is 1. The summed E-state index contributed by atoms with van der Waals surface area (Å²) in [4.78, 5) is 39.5. The molecule has 0 unspecified atom stereocenters. The lowest BCUT2D eigenvalue weighted by Gasteiger charge is -2.26. The van der Waals surface area contributed by atoms with Gasteiger partial charge in [0.05, 0.1) is 19.7 Å². The largest absolute Gasteiger partial charge is 0.485 e. The van der Waals surface area contributed by atoms with Crippen molar-refractivity contribution in [2.24, 2.45) is 0 Å². The molecule has 2 aromatic heterocycles. The number of methoxy groups -OCH3 is 2. The summed E-state index contributed by atoms with van der Waals surface area (Å²) in [5.74, 6) is -1.05. The number of hydrogen-bond donors (Lipinski definition) is 1. The second-order valence-electron chi connectivity index (χ2n) is 7.09. The van der Waals surface area contributed by atoms with E-state index in [-0.39, 0.29) is 23.9 Å². The number of carbonyl (C=O) groups is 2. The fourth-order valence-corrected chi connectivity index (χ4v) is 4.27. The van der Waals surface area contributed by atoms with E-state index in [1.54, 1.807) is 23.1 Å². The Morgan fingerprint density at radius 2 is 1.97 bits per heavy atom. The first kappa shape index (κ1) is 20.9. The van der Waals surface area contributed by atoms with Crippen molar-refractivity contribution in [2.45, 2.75) is 25.8 Å². The van der Waals surface area contributed by atoms with E-state index in [2.05, 4.69) is 9.69 Å². The summed E-state index contributed by atoms with van der Waals surface area (Å²) < 4.78 is 20.9. The van der Waals surface area contributed by atoms with E-state index in [4.69, 9.17) is 13.9 Å². The number of oxazole rings is 1. The molecule has 0 aliphatic carbocycles. The summed E-state index contributed by atoms with van der Waals surface area (Å²) in [6.07, 6.45) is 3.04. The Bertz CT molecular complexity index is 1150. The molecule has 0 bridgehead atoms. The Morgan fingerprint density at radius 1 is 1.19 bits per heavy atom. The number of carbonyl (C=O) groups excluding carboxylic acids is 2. The third-order valence-electron chi connectivity index (χ3n) is 5.16. The molecule has 1 aliphatic heterocycles. The Hall–Kier alpha value is -3.34. The first-order chi connectivity index (χ1) is 15.0. The van der Waals surface area contributed by atoms with Crippen LogP contribution in [-0.4, -0.2) is 53.0 Å². The maximum atomic E-state index is 12.8. The van der Waals surface area contributed by atoms with E-state index < -0.39 is 11.7 Å². The van der Waals surface area contributed by atoms with Gasteiger partial charge in [-0.05, 0) is 37.5 Å². The molecule has 10 nitrogen and oxygen atoms in total. The average Bonchev–Trinajstić information content (AvgIpc) is 3.35. The highest BCUT2D eigenvalue weighted by Gasteiger charge is 2.24. The van der Waals surface area contributed by atoms with Crippen LogP contribution in [0.1, 0.15) is 29.6 Å². The highest BCUT2D eigenvalue weighted by atomic mass is 32.1. The van der Waals surface area contributed by atoms with Crippen LogP contribution in [-0.2, 0) is 11.3 Å². The lowest BCUT2D eigenvalue weighted by Crippen LogP contribution is -2.39. The minimum Gasteiger partial charge on any atom is -0.485 e. The zero-order chi connectivity index (χ0) is 22.0. The van der Waals surface area contributed by atoms with E-state index in [1.807, 2.05) is 0 Å². The highest BCUT2D eigenvalue weighted by molar-refractivity contribution is 7.08. The Balaban J connectivity index is 1.60. The number of nitrogens with zero attached hydrogens (tertiary/aromatic N) is 3. The number of fused-ring (bicyclic) bond motifs is 1. The summed E-state index contributed by atoms with van der Waals surface area (Å²) in [6, 6.07) is 4.79. The molecule has 2 amide bonds. The van der Waals surface area contributed by atoms with Gasteiger partial charge < -0.3 is 24.1 Å². The van der Waals surface area contributed by atoms with E-state index in [0.717, 1.165) is 30.8 Å². The fourth-order valence-electron chi connectivity index (χ4n) is 3.59. The lowest BCUT2D eigenvalue weighted by atomic mass is 10.1. The van der Waals surface area contributed by atoms with Crippen molar-refractivity contribution in [3.63, 3.8) is 0 Å². The van der Waals surface area contributed by atoms with Gasteiger partial charge in [-0.1, -0.05) is 0 Å². The lowest BCUT2D eigenvalue weighted by molar-refractivity contribution is -0.132. The molecule has 11 heteroatoms. The van der Waals surface area contributed by atoms with Gasteiger partial charge in [-0.25, -0.2) is 4.79 Å². The second-order valence-corrected chi connectivity index (χ2v) is 7.83. The molecule has 3 aromatic rings. The number of likely N-dealkylation sites (tertiary alicyclic amines) is 1. The molecular weight excluding hydrogens is 424 g/mol. The summed E-state index contributed by atoms with van der Waals surface area (Å²) in [7, 11) is 2.86. The molecule has 1 aliphatic rings. The van der Waals surface area contributed by atoms with Crippen LogP contribution in [0, 0.1) is 0 Å². The van der Waals surface area contributed by atoms with Gasteiger partial charge in [-0.15, -0.1) is 0 Å². The van der Waals surface area contributed by atoms with Gasteiger partial charge >= 0.3 is 5.76 Å². The Labute approximate surface area is 181 Å². The summed E-state index contributed by atoms with van der Waals surface area (Å²) >= 11 is 1.01. The molecule has 1 aromatic carbocycles. The van der Waals surface area contributed by atoms with E-state index in [0.29, 0.717) is 34.9 Å². The van der Waals surface area contributed by atoms with Gasteiger partial charge in [0.25, 0.3) is 5.91 Å². The maximum Gasteiger partial charge on any atom is 0.420 e. The van der Waals surface area contributed by atoms with Crippen molar-refractivity contribution < 1.29 is 23.5 Å². The minimum atomic E-state index is -0.616. The molecule has 1 N–H and O–H groups in total. The van der Waals surface area contributed by atoms with Crippen molar-refractivity contribution >= 4 is 40.1 Å². The molecule has 31 heavy (non-hydrogen) atoms. The normalized spacial score (nSPS) is 13.9. The molecule has 0 atom stereocenters. The molecule has 0 radical (unpaired) electrons. The molecule has 0 spiro atoms. The van der Waals surface area contributed by atoms with E-state index in [9.17, 15) is 14.4 Å². The van der Waals surface area contributed by atoms with Gasteiger partial charge in [-0.3, -0.25) is 14.2 Å². The van der Waals surface area contributed by atoms with Crippen LogP contribution < -0.4 is 20.5 Å². The van der Waals surface area contributed by atoms with Crippen molar-refractivity contribution in [3.8, 4) is 10.9 Å². The number of ether oxygens (including phenoxy) is 2. The molecule has 164 valence electrons. The van der Waals surface area contributed by atoms with Crippen LogP contribution in [0.5, 0.6) is 10.9 Å². The minimum absolute atomic E-state index is 0.112. The Kier molecular flexibility index (Phi) is 5.94. The van der Waals surface area contributed by atoms with Crippen LogP contribution in [0.4, 0.5) is 5.69 Å². The number of amides is 2. The number of hydrogen-bond acceptors (Lipinski definition) is 8. The fraction of sp³-hybridized carbons (Fsp3) is 0.400. The predicted molar refractivity (Wildman–Crippen MR) is 114 cm³/mol. The average molecular weight is 446 g/mol. The van der Waals surface area contributed by atoms with Gasteiger partial charge in [0.1, 0.15) is 6.54 Å². The first-order valence-electron chi connectivity index (χ1n) is 9.82. The van der Waals surface area contributed by atoms with Gasteiger partial charge in [0.15, 0.2) is 11.1 Å². The summed E-state index contributed by atoms with van der Waals surface area (Å²) in [5.41, 5.74) is 1.37. The molecule has 0 saturated carbocycles. The van der Waals surface area contributed by atoms with Crippen LogP contribution in [0.2, 0.25) is 0 Å². The van der Waals surface area contributed by atoms with Crippen molar-refractivity contribution in [3.05, 3.63) is 34.3 Å². The summed E-state index contributed by atoms with van der Waals surface area (Å²) in [6.45, 7) is 1.28. The molecule has 1 fully saturated rings. The molecule has 3 heterocycles. The number of piperidine rings is 1. The van der Waals surface area contributed by atoms with Crippen LogP contribution in [0.25, 0.3) is 11.1 Å². The highest BCUT2D eigenvalue weighted by Crippen LogP contribution is 2.33. The third kappa shape index (κ3) is 4.13. The van der Waals surface area contributed by atoms with Crippen LogP contribution in [0.3, 0.4) is 0 Å². The number of anilines is 1.